The second kappa shape index (κ2) is 5.50. The molecule has 1 aliphatic carbocycles. The fraction of sp³-hybridized carbons (Fsp3) is 1.00. The second-order valence-electron chi connectivity index (χ2n) is 6.11. The third-order valence-electron chi connectivity index (χ3n) is 4.65. The van der Waals surface area contributed by atoms with Crippen LogP contribution in [0, 0.1) is 5.41 Å². The van der Waals surface area contributed by atoms with E-state index in [1.54, 1.807) is 0 Å². The molecule has 0 aromatic rings. The SMILES string of the molecule is CCN1CCCC(NCC2(C)CCC2)CC1. The summed E-state index contributed by atoms with van der Waals surface area (Å²) >= 11 is 0. The lowest BCUT2D eigenvalue weighted by atomic mass is 9.70. The lowest BCUT2D eigenvalue weighted by molar-refractivity contribution is 0.149. The van der Waals surface area contributed by atoms with Gasteiger partial charge in [-0.2, -0.15) is 0 Å². The molecule has 0 bridgehead atoms. The van der Waals surface area contributed by atoms with Gasteiger partial charge in [-0.25, -0.2) is 0 Å². The Hall–Kier alpha value is -0.0800. The van der Waals surface area contributed by atoms with Crippen LogP contribution in [0.4, 0.5) is 0 Å². The number of nitrogens with zero attached hydrogens (tertiary/aromatic N) is 1. The molecule has 1 N–H and O–H groups in total. The Balaban J connectivity index is 1.69. The smallest absolute Gasteiger partial charge is 0.00799 e. The Bertz CT molecular complexity index is 211. The monoisotopic (exact) mass is 224 g/mol. The van der Waals surface area contributed by atoms with Crippen LogP contribution in [0.25, 0.3) is 0 Å². The molecule has 1 aliphatic heterocycles. The van der Waals surface area contributed by atoms with E-state index in [0.29, 0.717) is 5.41 Å². The minimum absolute atomic E-state index is 0.636. The highest BCUT2D eigenvalue weighted by atomic mass is 15.1. The van der Waals surface area contributed by atoms with E-state index in [1.165, 1.54) is 64.7 Å². The first-order chi connectivity index (χ1) is 7.72. The van der Waals surface area contributed by atoms with Gasteiger partial charge in [0.2, 0.25) is 0 Å². The van der Waals surface area contributed by atoms with Gasteiger partial charge in [-0.1, -0.05) is 20.3 Å². The molecule has 1 unspecified atom stereocenters. The van der Waals surface area contributed by atoms with Gasteiger partial charge in [0.15, 0.2) is 0 Å². The van der Waals surface area contributed by atoms with Crippen LogP contribution in [0.15, 0.2) is 0 Å². The van der Waals surface area contributed by atoms with Crippen molar-refractivity contribution in [2.45, 2.75) is 58.4 Å². The molecule has 2 rings (SSSR count). The molecule has 1 heterocycles. The number of hydrogen-bond acceptors (Lipinski definition) is 2. The van der Waals surface area contributed by atoms with Crippen molar-refractivity contribution >= 4 is 0 Å². The first-order valence-electron chi connectivity index (χ1n) is 7.18. The molecule has 2 fully saturated rings. The molecule has 2 nitrogen and oxygen atoms in total. The normalized spacial score (nSPS) is 30.8. The molecule has 1 saturated carbocycles. The van der Waals surface area contributed by atoms with Gasteiger partial charge in [0.25, 0.3) is 0 Å². The summed E-state index contributed by atoms with van der Waals surface area (Å²) in [5.41, 5.74) is 0.636. The highest BCUT2D eigenvalue weighted by Gasteiger charge is 2.32. The molecule has 2 aliphatic rings. The predicted octanol–water partition coefficient (Wildman–Crippen LogP) is 2.64. The van der Waals surface area contributed by atoms with E-state index in [4.69, 9.17) is 0 Å². The summed E-state index contributed by atoms with van der Waals surface area (Å²) in [5, 5.41) is 3.82. The lowest BCUT2D eigenvalue weighted by Gasteiger charge is -2.39. The van der Waals surface area contributed by atoms with Gasteiger partial charge in [-0.3, -0.25) is 0 Å². The highest BCUT2D eigenvalue weighted by molar-refractivity contribution is 4.87. The third-order valence-corrected chi connectivity index (χ3v) is 4.65. The topological polar surface area (TPSA) is 15.3 Å². The molecule has 0 aromatic heterocycles. The fourth-order valence-corrected chi connectivity index (χ4v) is 3.02. The maximum Gasteiger partial charge on any atom is 0.00799 e. The fourth-order valence-electron chi connectivity index (χ4n) is 3.02. The number of hydrogen-bond donors (Lipinski definition) is 1. The van der Waals surface area contributed by atoms with Gasteiger partial charge in [0.1, 0.15) is 0 Å². The van der Waals surface area contributed by atoms with Crippen molar-refractivity contribution in [1.82, 2.24) is 10.2 Å². The molecule has 1 atom stereocenters. The molecule has 94 valence electrons. The average Bonchev–Trinajstić information content (AvgIpc) is 2.48. The lowest BCUT2D eigenvalue weighted by Crippen LogP contribution is -2.42. The summed E-state index contributed by atoms with van der Waals surface area (Å²) in [4.78, 5) is 2.59. The van der Waals surface area contributed by atoms with Crippen LogP contribution < -0.4 is 5.32 Å². The standard InChI is InChI=1S/C14H28N2/c1-3-16-10-4-6-13(7-11-16)15-12-14(2)8-5-9-14/h13,15H,3-12H2,1-2H3. The molecular formula is C14H28N2. The Kier molecular flexibility index (Phi) is 4.26. The zero-order chi connectivity index (χ0) is 11.4. The largest absolute Gasteiger partial charge is 0.313 e. The Morgan fingerprint density at radius 3 is 2.62 bits per heavy atom. The molecule has 0 spiro atoms. The van der Waals surface area contributed by atoms with Crippen LogP contribution in [0.1, 0.15) is 52.4 Å². The van der Waals surface area contributed by atoms with Crippen molar-refractivity contribution in [1.29, 1.82) is 0 Å². The van der Waals surface area contributed by atoms with Crippen LogP contribution in [0.3, 0.4) is 0 Å². The number of nitrogens with one attached hydrogen (secondary N) is 1. The van der Waals surface area contributed by atoms with Crippen LogP contribution >= 0.6 is 0 Å². The first kappa shape index (κ1) is 12.4. The molecule has 0 radical (unpaired) electrons. The predicted molar refractivity (Wildman–Crippen MR) is 69.7 cm³/mol. The quantitative estimate of drug-likeness (QED) is 0.790. The van der Waals surface area contributed by atoms with E-state index in [0.717, 1.165) is 6.04 Å². The highest BCUT2D eigenvalue weighted by Crippen LogP contribution is 2.39. The molecule has 1 saturated heterocycles. The Labute approximate surface area is 101 Å². The Morgan fingerprint density at radius 2 is 2.00 bits per heavy atom. The molecule has 16 heavy (non-hydrogen) atoms. The first-order valence-corrected chi connectivity index (χ1v) is 7.18. The third kappa shape index (κ3) is 3.21. The molecular weight excluding hydrogens is 196 g/mol. The summed E-state index contributed by atoms with van der Waals surface area (Å²) < 4.78 is 0. The van der Waals surface area contributed by atoms with E-state index < -0.39 is 0 Å². The summed E-state index contributed by atoms with van der Waals surface area (Å²) in [6, 6.07) is 0.786. The van der Waals surface area contributed by atoms with E-state index in [9.17, 15) is 0 Å². The summed E-state index contributed by atoms with van der Waals surface area (Å²) in [6.07, 6.45) is 8.44. The Morgan fingerprint density at radius 1 is 1.19 bits per heavy atom. The van der Waals surface area contributed by atoms with Crippen molar-refractivity contribution in [2.24, 2.45) is 5.41 Å². The maximum absolute atomic E-state index is 3.82. The van der Waals surface area contributed by atoms with Crippen LogP contribution in [-0.2, 0) is 0 Å². The van der Waals surface area contributed by atoms with Gasteiger partial charge in [0, 0.05) is 12.6 Å². The maximum atomic E-state index is 3.82. The van der Waals surface area contributed by atoms with E-state index in [1.807, 2.05) is 0 Å². The van der Waals surface area contributed by atoms with Crippen molar-refractivity contribution in [3.8, 4) is 0 Å². The number of rotatable bonds is 4. The van der Waals surface area contributed by atoms with Crippen LogP contribution in [0.2, 0.25) is 0 Å². The van der Waals surface area contributed by atoms with Gasteiger partial charge >= 0.3 is 0 Å². The number of likely N-dealkylation sites (tertiary alicyclic amines) is 1. The van der Waals surface area contributed by atoms with Crippen molar-refractivity contribution < 1.29 is 0 Å². The minimum Gasteiger partial charge on any atom is -0.313 e. The summed E-state index contributed by atoms with van der Waals surface area (Å²) in [5.74, 6) is 0. The van der Waals surface area contributed by atoms with Crippen molar-refractivity contribution in [3.05, 3.63) is 0 Å². The van der Waals surface area contributed by atoms with Gasteiger partial charge in [-0.15, -0.1) is 0 Å². The summed E-state index contributed by atoms with van der Waals surface area (Å²) in [6.45, 7) is 9.81. The van der Waals surface area contributed by atoms with E-state index >= 15 is 0 Å². The second-order valence-corrected chi connectivity index (χ2v) is 6.11. The van der Waals surface area contributed by atoms with E-state index in [-0.39, 0.29) is 0 Å². The molecule has 0 amide bonds. The van der Waals surface area contributed by atoms with Crippen LogP contribution in [-0.4, -0.2) is 37.1 Å². The van der Waals surface area contributed by atoms with Gasteiger partial charge < -0.3 is 10.2 Å². The van der Waals surface area contributed by atoms with Gasteiger partial charge in [0.05, 0.1) is 0 Å². The van der Waals surface area contributed by atoms with Crippen molar-refractivity contribution in [3.63, 3.8) is 0 Å². The van der Waals surface area contributed by atoms with E-state index in [2.05, 4.69) is 24.1 Å². The zero-order valence-electron chi connectivity index (χ0n) is 11.1. The zero-order valence-corrected chi connectivity index (χ0v) is 11.1. The van der Waals surface area contributed by atoms with Gasteiger partial charge in [-0.05, 0) is 57.2 Å². The van der Waals surface area contributed by atoms with Crippen LogP contribution in [0.5, 0.6) is 0 Å². The summed E-state index contributed by atoms with van der Waals surface area (Å²) in [7, 11) is 0. The molecule has 0 aromatic carbocycles. The minimum atomic E-state index is 0.636. The average molecular weight is 224 g/mol. The molecule has 2 heteroatoms. The van der Waals surface area contributed by atoms with Crippen molar-refractivity contribution in [2.75, 3.05) is 26.2 Å².